The molecule has 0 aliphatic heterocycles. The van der Waals surface area contributed by atoms with Crippen LogP contribution in [0.3, 0.4) is 0 Å². The van der Waals surface area contributed by atoms with E-state index in [1.54, 1.807) is 19.1 Å². The number of hydrogen-bond donors (Lipinski definition) is 0. The molecule has 3 aromatic rings. The molecule has 0 saturated heterocycles. The highest BCUT2D eigenvalue weighted by atomic mass is 16.5. The van der Waals surface area contributed by atoms with Gasteiger partial charge in [-0.05, 0) is 12.1 Å². The normalized spacial score (nSPS) is 10.9. The summed E-state index contributed by atoms with van der Waals surface area (Å²) in [5.41, 5.74) is 0.575. The Kier molecular flexibility index (Phi) is 2.40. The van der Waals surface area contributed by atoms with E-state index in [2.05, 4.69) is 15.1 Å². The molecule has 0 atom stereocenters. The van der Waals surface area contributed by atoms with Gasteiger partial charge in [-0.1, -0.05) is 17.3 Å². The van der Waals surface area contributed by atoms with E-state index in [4.69, 9.17) is 4.52 Å². The summed E-state index contributed by atoms with van der Waals surface area (Å²) in [5, 5.41) is 4.34. The quantitative estimate of drug-likeness (QED) is 0.673. The molecule has 0 aliphatic carbocycles. The van der Waals surface area contributed by atoms with Crippen molar-refractivity contribution < 1.29 is 4.52 Å². The van der Waals surface area contributed by atoms with Gasteiger partial charge in [0.25, 0.3) is 5.56 Å². The first-order valence-corrected chi connectivity index (χ1v) is 5.47. The summed E-state index contributed by atoms with van der Waals surface area (Å²) >= 11 is 0. The van der Waals surface area contributed by atoms with E-state index in [1.165, 1.54) is 10.9 Å². The molecule has 0 bridgehead atoms. The van der Waals surface area contributed by atoms with E-state index in [0.29, 0.717) is 22.6 Å². The third-order valence-electron chi connectivity index (χ3n) is 2.61. The summed E-state index contributed by atoms with van der Waals surface area (Å²) in [6.45, 7) is 1.96. The average Bonchev–Trinajstić information content (AvgIpc) is 2.79. The maximum atomic E-state index is 12.2. The first-order valence-electron chi connectivity index (χ1n) is 5.47. The van der Waals surface area contributed by atoms with Crippen LogP contribution in [-0.4, -0.2) is 19.7 Å². The molecule has 0 fully saturated rings. The van der Waals surface area contributed by atoms with Crippen LogP contribution >= 0.6 is 0 Å². The molecule has 0 spiro atoms. The van der Waals surface area contributed by atoms with Crippen LogP contribution in [0.5, 0.6) is 0 Å². The van der Waals surface area contributed by atoms with Gasteiger partial charge in [-0.2, -0.15) is 4.98 Å². The molecule has 0 unspecified atom stereocenters. The van der Waals surface area contributed by atoms with E-state index in [9.17, 15) is 4.79 Å². The summed E-state index contributed by atoms with van der Waals surface area (Å²) in [4.78, 5) is 20.5. The summed E-state index contributed by atoms with van der Waals surface area (Å²) in [7, 11) is 0. The Morgan fingerprint density at radius 3 is 2.94 bits per heavy atom. The van der Waals surface area contributed by atoms with Crippen molar-refractivity contribution in [2.24, 2.45) is 0 Å². The Labute approximate surface area is 102 Å². The molecular formula is C12H10N4O2. The molecule has 6 nitrogen and oxygen atoms in total. The van der Waals surface area contributed by atoms with Gasteiger partial charge in [-0.3, -0.25) is 9.36 Å². The van der Waals surface area contributed by atoms with Crippen molar-refractivity contribution in [1.29, 1.82) is 0 Å². The Morgan fingerprint density at radius 2 is 2.17 bits per heavy atom. The van der Waals surface area contributed by atoms with Gasteiger partial charge >= 0.3 is 0 Å². The molecule has 1 aromatic carbocycles. The van der Waals surface area contributed by atoms with Crippen molar-refractivity contribution >= 4 is 10.9 Å². The van der Waals surface area contributed by atoms with Crippen LogP contribution in [0, 0.1) is 6.92 Å². The number of benzene rings is 1. The molecule has 0 N–H and O–H groups in total. The molecule has 90 valence electrons. The van der Waals surface area contributed by atoms with Crippen molar-refractivity contribution in [3.63, 3.8) is 0 Å². The van der Waals surface area contributed by atoms with Crippen molar-refractivity contribution in [3.8, 4) is 0 Å². The Bertz CT molecular complexity index is 760. The molecule has 6 heteroatoms. The molecular weight excluding hydrogens is 232 g/mol. The monoisotopic (exact) mass is 242 g/mol. The molecule has 0 amide bonds. The van der Waals surface area contributed by atoms with Gasteiger partial charge in [0.1, 0.15) is 0 Å². The van der Waals surface area contributed by atoms with E-state index < -0.39 is 0 Å². The van der Waals surface area contributed by atoms with Gasteiger partial charge in [0.05, 0.1) is 23.8 Å². The zero-order chi connectivity index (χ0) is 12.5. The first kappa shape index (κ1) is 10.6. The number of rotatable bonds is 2. The predicted molar refractivity (Wildman–Crippen MR) is 64.1 cm³/mol. The summed E-state index contributed by atoms with van der Waals surface area (Å²) in [5.74, 6) is 0.943. The third-order valence-corrected chi connectivity index (χ3v) is 2.61. The molecule has 2 heterocycles. The van der Waals surface area contributed by atoms with E-state index in [1.807, 2.05) is 12.1 Å². The first-order chi connectivity index (χ1) is 8.74. The smallest absolute Gasteiger partial charge is 0.261 e. The highest BCUT2D eigenvalue weighted by molar-refractivity contribution is 5.76. The fourth-order valence-electron chi connectivity index (χ4n) is 1.78. The van der Waals surface area contributed by atoms with Gasteiger partial charge in [0.15, 0.2) is 5.82 Å². The van der Waals surface area contributed by atoms with E-state index in [0.717, 1.165) is 0 Å². The van der Waals surface area contributed by atoms with Crippen molar-refractivity contribution in [2.45, 2.75) is 13.5 Å². The van der Waals surface area contributed by atoms with Crippen molar-refractivity contribution in [1.82, 2.24) is 19.7 Å². The highest BCUT2D eigenvalue weighted by Gasteiger charge is 2.07. The topological polar surface area (TPSA) is 73.8 Å². The van der Waals surface area contributed by atoms with Gasteiger partial charge in [0.2, 0.25) is 5.89 Å². The van der Waals surface area contributed by atoms with Crippen LogP contribution in [0.25, 0.3) is 10.9 Å². The Morgan fingerprint density at radius 1 is 1.33 bits per heavy atom. The van der Waals surface area contributed by atoms with Crippen LogP contribution in [-0.2, 0) is 6.54 Å². The lowest BCUT2D eigenvalue weighted by Crippen LogP contribution is -2.21. The fraction of sp³-hybridized carbons (Fsp3) is 0.167. The second-order valence-corrected chi connectivity index (χ2v) is 3.92. The average molecular weight is 242 g/mol. The second-order valence-electron chi connectivity index (χ2n) is 3.92. The Hall–Kier alpha value is -2.50. The van der Waals surface area contributed by atoms with E-state index >= 15 is 0 Å². The van der Waals surface area contributed by atoms with Crippen LogP contribution in [0.4, 0.5) is 0 Å². The lowest BCUT2D eigenvalue weighted by molar-refractivity contribution is 0.386. The maximum absolute atomic E-state index is 12.2. The molecule has 18 heavy (non-hydrogen) atoms. The largest absolute Gasteiger partial charge is 0.340 e. The van der Waals surface area contributed by atoms with Crippen LogP contribution in [0.15, 0.2) is 39.9 Å². The number of aryl methyl sites for hydroxylation is 1. The van der Waals surface area contributed by atoms with Crippen LogP contribution in [0.2, 0.25) is 0 Å². The number of aromatic nitrogens is 4. The highest BCUT2D eigenvalue weighted by Crippen LogP contribution is 2.05. The molecule has 3 rings (SSSR count). The third kappa shape index (κ3) is 1.77. The number of hydrogen-bond acceptors (Lipinski definition) is 5. The second kappa shape index (κ2) is 4.06. The van der Waals surface area contributed by atoms with Gasteiger partial charge in [-0.25, -0.2) is 4.98 Å². The summed E-state index contributed by atoms with van der Waals surface area (Å²) in [6.07, 6.45) is 1.50. The van der Waals surface area contributed by atoms with E-state index in [-0.39, 0.29) is 12.1 Å². The Balaban J connectivity index is 2.08. The maximum Gasteiger partial charge on any atom is 0.261 e. The van der Waals surface area contributed by atoms with Crippen LogP contribution in [0.1, 0.15) is 11.7 Å². The minimum Gasteiger partial charge on any atom is -0.340 e. The molecule has 0 saturated carbocycles. The van der Waals surface area contributed by atoms with Crippen molar-refractivity contribution in [3.05, 3.63) is 52.7 Å². The van der Waals surface area contributed by atoms with Gasteiger partial charge in [-0.15, -0.1) is 0 Å². The molecule has 2 aromatic heterocycles. The lowest BCUT2D eigenvalue weighted by Gasteiger charge is -2.03. The number of para-hydroxylation sites is 1. The van der Waals surface area contributed by atoms with Gasteiger partial charge < -0.3 is 4.52 Å². The minimum atomic E-state index is -0.108. The molecule has 0 radical (unpaired) electrons. The zero-order valence-electron chi connectivity index (χ0n) is 9.70. The SMILES string of the molecule is Cc1nc(Cn2cnc3ccccc3c2=O)no1. The molecule has 0 aliphatic rings. The fourth-order valence-corrected chi connectivity index (χ4v) is 1.78. The van der Waals surface area contributed by atoms with Crippen molar-refractivity contribution in [2.75, 3.05) is 0 Å². The minimum absolute atomic E-state index is 0.108. The summed E-state index contributed by atoms with van der Waals surface area (Å²) in [6, 6.07) is 7.22. The zero-order valence-corrected chi connectivity index (χ0v) is 9.70. The van der Waals surface area contributed by atoms with Gasteiger partial charge in [0, 0.05) is 6.92 Å². The van der Waals surface area contributed by atoms with Crippen LogP contribution < -0.4 is 5.56 Å². The number of fused-ring (bicyclic) bond motifs is 1. The number of nitrogens with zero attached hydrogens (tertiary/aromatic N) is 4. The summed E-state index contributed by atoms with van der Waals surface area (Å²) < 4.78 is 6.33. The lowest BCUT2D eigenvalue weighted by atomic mass is 10.2. The predicted octanol–water partition coefficient (Wildman–Crippen LogP) is 1.14. The standard InChI is InChI=1S/C12H10N4O2/c1-8-14-11(15-18-8)6-16-7-13-10-5-3-2-4-9(10)12(16)17/h2-5,7H,6H2,1H3.